The van der Waals surface area contributed by atoms with Crippen LogP contribution in [0.3, 0.4) is 0 Å². The molecule has 3 aliphatic heterocycles. The number of hydrogen-bond donors (Lipinski definition) is 6. The van der Waals surface area contributed by atoms with Crippen molar-refractivity contribution in [2.75, 3.05) is 19.8 Å². The van der Waals surface area contributed by atoms with E-state index in [0.29, 0.717) is 22.9 Å². The molecule has 3 aliphatic rings. The molecule has 3 fully saturated rings. The molecule has 15 atom stereocenters. The Kier molecular flexibility index (Phi) is 26.4. The predicted molar refractivity (Wildman–Crippen MR) is 312 cm³/mol. The molecule has 0 bridgehead atoms. The summed E-state index contributed by atoms with van der Waals surface area (Å²) in [5, 5.41) is 68.1. The molecule has 5 aromatic rings. The summed E-state index contributed by atoms with van der Waals surface area (Å²) in [6, 6.07) is 23.9. The summed E-state index contributed by atoms with van der Waals surface area (Å²) >= 11 is 0. The minimum Gasteiger partial charge on any atom is -0.463 e. The van der Waals surface area contributed by atoms with Crippen molar-refractivity contribution in [3.05, 3.63) is 120 Å². The zero-order valence-electron chi connectivity index (χ0n) is 49.4. The maximum absolute atomic E-state index is 12.5. The van der Waals surface area contributed by atoms with Gasteiger partial charge in [0, 0.05) is 46.1 Å². The van der Waals surface area contributed by atoms with Gasteiger partial charge in [-0.1, -0.05) is 74.5 Å². The SMILES string of the molecule is CC(=O)OC[C@H]1OC(c2ccc(OS(=O)(=O)C(F)(F)F)cc2)[C@@H](C)[C@@H](C)[C@@H]1OC(C)=O.CC(=O)OC[C@H]1OC(c2ccc(OS(=O)(=O)C(F)(F)F)cc2)[C@@H](O)[C@@H](O)[C@@H]1OC(C)=O.Cc1nnc(-c2ccc(-c3ccc([C@H]4O[C@H](CO)[C@@H](O)[C@H](O)[C@@H]4O)cc3)cc2)o1.I. The monoisotopic (exact) mass is 1470 g/mol. The quantitative estimate of drug-likeness (QED) is 0.0176. The van der Waals surface area contributed by atoms with E-state index in [0.717, 1.165) is 66.9 Å². The van der Waals surface area contributed by atoms with Crippen LogP contribution in [0.5, 0.6) is 11.5 Å². The van der Waals surface area contributed by atoms with E-state index in [1.54, 1.807) is 19.1 Å². The van der Waals surface area contributed by atoms with Crippen LogP contribution in [-0.4, -0.2) is 173 Å². The van der Waals surface area contributed by atoms with Gasteiger partial charge in [-0.05, 0) is 70.1 Å². The number of aliphatic hydroxyl groups is 6. The smallest absolute Gasteiger partial charge is 0.463 e. The van der Waals surface area contributed by atoms with E-state index in [-0.39, 0.29) is 48.0 Å². The fourth-order valence-corrected chi connectivity index (χ4v) is 10.4. The molecule has 0 saturated carbocycles. The van der Waals surface area contributed by atoms with Gasteiger partial charge in [0.05, 0.1) is 12.7 Å². The molecule has 4 aromatic carbocycles. The Bertz CT molecular complexity index is 3340. The fraction of sp³-hybridized carbons (Fsp3) is 0.474. The van der Waals surface area contributed by atoms with Crippen molar-refractivity contribution < 1.29 is 139 Å². The molecule has 508 valence electrons. The highest BCUT2D eigenvalue weighted by atomic mass is 127. The van der Waals surface area contributed by atoms with Gasteiger partial charge in [-0.2, -0.15) is 43.2 Å². The number of esters is 4. The number of aromatic nitrogens is 2. The van der Waals surface area contributed by atoms with Crippen LogP contribution in [0.2, 0.25) is 0 Å². The molecule has 0 aliphatic carbocycles. The van der Waals surface area contributed by atoms with Crippen LogP contribution >= 0.6 is 24.0 Å². The van der Waals surface area contributed by atoms with Crippen molar-refractivity contribution in [1.29, 1.82) is 0 Å². The number of ether oxygens (including phenoxy) is 7. The average molecular weight is 1470 g/mol. The van der Waals surface area contributed by atoms with E-state index in [1.807, 2.05) is 50.2 Å². The van der Waals surface area contributed by atoms with Gasteiger partial charge in [0.25, 0.3) is 0 Å². The second-order valence-corrected chi connectivity index (χ2v) is 23.9. The normalized spacial score (nSPS) is 26.6. The van der Waals surface area contributed by atoms with Crippen LogP contribution in [0.25, 0.3) is 22.6 Å². The highest BCUT2D eigenvalue weighted by Crippen LogP contribution is 2.43. The third kappa shape index (κ3) is 19.5. The zero-order chi connectivity index (χ0) is 67.7. The number of benzene rings is 4. The minimum absolute atomic E-state index is 0. The summed E-state index contributed by atoms with van der Waals surface area (Å²) in [4.78, 5) is 45.1. The lowest BCUT2D eigenvalue weighted by Gasteiger charge is -2.44. The Morgan fingerprint density at radius 2 is 0.859 bits per heavy atom. The van der Waals surface area contributed by atoms with Gasteiger partial charge < -0.3 is 76.6 Å². The van der Waals surface area contributed by atoms with Crippen LogP contribution < -0.4 is 8.37 Å². The van der Waals surface area contributed by atoms with Gasteiger partial charge in [-0.15, -0.1) is 34.2 Å². The molecule has 4 heterocycles. The highest BCUT2D eigenvalue weighted by Gasteiger charge is 2.51. The summed E-state index contributed by atoms with van der Waals surface area (Å²) in [7, 11) is -11.6. The van der Waals surface area contributed by atoms with E-state index < -0.39 is 159 Å². The standard InChI is InChI=1S/C21H22N2O6.C19H23F3O8S.C17H19F3O10S.HI/c1-11-22-23-21(28-11)15-8-4-13(5-9-15)12-2-6-14(7-3-12)20-19(27)18(26)17(25)16(10-24)29-20;1-10-11(2)18(28-13(4)24)16(9-27-12(3)23)29-17(10)14-5-7-15(8-6-14)30-31(25,26)19(20,21)22;1-8(21)27-7-12-16(28-9(2)22)14(24)13(23)15(29-12)10-3-5-11(6-4-10)30-31(25,26)17(18,19)20;/h2-9,16-20,24-27H,10H2,1H3;5-8,10-11,16-18H,9H2,1-4H3;3-6,12-16,23-24H,7H2,1-2H3;1H/t16-,17-,18+,19+,20-;10-,11+,16+,17?,18-;12-,13+,14-,15?,16-;/m101./s1. The number of alkyl halides is 6. The summed E-state index contributed by atoms with van der Waals surface area (Å²) in [6.07, 6.45) is -15.0. The molecule has 0 radical (unpaired) electrons. The van der Waals surface area contributed by atoms with Crippen molar-refractivity contribution in [3.63, 3.8) is 0 Å². The topological polar surface area (TPSA) is 380 Å². The largest absolute Gasteiger partial charge is 0.534 e. The lowest BCUT2D eigenvalue weighted by atomic mass is 9.79. The summed E-state index contributed by atoms with van der Waals surface area (Å²) in [5.41, 5.74) is -7.11. The Labute approximate surface area is 538 Å². The van der Waals surface area contributed by atoms with E-state index in [4.69, 9.17) is 37.6 Å². The van der Waals surface area contributed by atoms with Gasteiger partial charge in [0.2, 0.25) is 11.8 Å². The van der Waals surface area contributed by atoms with Crippen LogP contribution in [0.15, 0.2) is 101 Å². The van der Waals surface area contributed by atoms with Crippen LogP contribution in [0, 0.1) is 18.8 Å². The van der Waals surface area contributed by atoms with Gasteiger partial charge in [0.1, 0.15) is 91.9 Å². The van der Waals surface area contributed by atoms with E-state index in [1.165, 1.54) is 26.0 Å². The molecule has 1 aromatic heterocycles. The molecule has 6 N–H and O–H groups in total. The van der Waals surface area contributed by atoms with Crippen molar-refractivity contribution in [2.24, 2.45) is 11.8 Å². The Balaban J connectivity index is 0.000000249. The van der Waals surface area contributed by atoms with Gasteiger partial charge in [-0.25, -0.2) is 0 Å². The summed E-state index contributed by atoms with van der Waals surface area (Å²) < 4.78 is 170. The number of halogens is 7. The number of aliphatic hydroxyl groups excluding tert-OH is 6. The molecule has 8 rings (SSSR count). The minimum atomic E-state index is -5.87. The molecule has 92 heavy (non-hydrogen) atoms. The van der Waals surface area contributed by atoms with E-state index >= 15 is 0 Å². The van der Waals surface area contributed by atoms with Crippen molar-refractivity contribution in [3.8, 4) is 34.1 Å². The number of carbonyl (C=O) groups is 4. The van der Waals surface area contributed by atoms with Crippen LogP contribution in [-0.2, 0) is 72.6 Å². The first-order valence-electron chi connectivity index (χ1n) is 27.2. The lowest BCUT2D eigenvalue weighted by molar-refractivity contribution is -0.242. The number of hydrogen-bond acceptors (Lipinski definition) is 26. The second-order valence-electron chi connectivity index (χ2n) is 20.8. The van der Waals surface area contributed by atoms with Crippen molar-refractivity contribution >= 4 is 68.1 Å². The Morgan fingerprint density at radius 1 is 0.489 bits per heavy atom. The molecular weight excluding hydrogens is 1400 g/mol. The molecule has 3 saturated heterocycles. The van der Waals surface area contributed by atoms with Crippen molar-refractivity contribution in [2.45, 2.75) is 139 Å². The maximum Gasteiger partial charge on any atom is 0.534 e. The Morgan fingerprint density at radius 3 is 1.26 bits per heavy atom. The molecule has 0 spiro atoms. The van der Waals surface area contributed by atoms with Gasteiger partial charge in [0.15, 0.2) is 6.10 Å². The molecule has 2 unspecified atom stereocenters. The first-order valence-corrected chi connectivity index (χ1v) is 30.1. The van der Waals surface area contributed by atoms with Crippen molar-refractivity contribution in [1.82, 2.24) is 10.2 Å². The number of aryl methyl sites for hydroxylation is 1. The van der Waals surface area contributed by atoms with Gasteiger partial charge >= 0.3 is 55.1 Å². The fourth-order valence-electron chi connectivity index (χ4n) is 9.51. The summed E-state index contributed by atoms with van der Waals surface area (Å²) in [6.45, 7) is 9.01. The average Bonchev–Trinajstić information content (AvgIpc) is 0.922. The molecule has 35 heteroatoms. The predicted octanol–water partition coefficient (Wildman–Crippen LogP) is 5.54. The van der Waals surface area contributed by atoms with Crippen LogP contribution in [0.1, 0.15) is 82.4 Å². The maximum atomic E-state index is 12.5. The van der Waals surface area contributed by atoms with E-state index in [2.05, 4.69) is 18.6 Å². The van der Waals surface area contributed by atoms with Crippen LogP contribution in [0.4, 0.5) is 26.3 Å². The second kappa shape index (κ2) is 32.0. The molecule has 26 nitrogen and oxygen atoms in total. The first-order chi connectivity index (χ1) is 42.4. The van der Waals surface area contributed by atoms with E-state index in [9.17, 15) is 93.0 Å². The highest BCUT2D eigenvalue weighted by molar-refractivity contribution is 14.0. The zero-order valence-corrected chi connectivity index (χ0v) is 53.4. The number of rotatable bonds is 16. The third-order valence-electron chi connectivity index (χ3n) is 14.2. The Hall–Kier alpha value is -6.65. The summed E-state index contributed by atoms with van der Waals surface area (Å²) in [5.74, 6) is -3.15. The number of carbonyl (C=O) groups excluding carboxylic acids is 4. The lowest BCUT2D eigenvalue weighted by Crippen LogP contribution is -2.57. The van der Waals surface area contributed by atoms with Gasteiger partial charge in [-0.3, -0.25) is 19.2 Å². The molecular formula is C57H65F6IN2O24S2. The molecule has 0 amide bonds. The first kappa shape index (κ1) is 76.1. The third-order valence-corrected chi connectivity index (χ3v) is 16.2. The number of nitrogens with zero attached hydrogens (tertiary/aromatic N) is 2.